The van der Waals surface area contributed by atoms with Crippen molar-refractivity contribution in [1.29, 1.82) is 0 Å². The van der Waals surface area contributed by atoms with Crippen molar-refractivity contribution >= 4 is 11.0 Å². The molecule has 0 aliphatic carbocycles. The molecule has 0 saturated heterocycles. The number of rotatable bonds is 4. The third-order valence-corrected chi connectivity index (χ3v) is 4.11. The van der Waals surface area contributed by atoms with Crippen LogP contribution in [0.15, 0.2) is 48.8 Å². The van der Waals surface area contributed by atoms with Gasteiger partial charge >= 0.3 is 0 Å². The molecule has 0 spiro atoms. The predicted octanol–water partition coefficient (Wildman–Crippen LogP) is 3.78. The Hall–Kier alpha value is -3.55. The molecule has 0 aliphatic heterocycles. The van der Waals surface area contributed by atoms with Gasteiger partial charge < -0.3 is 9.47 Å². The van der Waals surface area contributed by atoms with E-state index in [-0.39, 0.29) is 11.4 Å². The summed E-state index contributed by atoms with van der Waals surface area (Å²) in [5.41, 5.74) is 2.01. The van der Waals surface area contributed by atoms with Crippen LogP contribution in [0.5, 0.6) is 11.5 Å². The molecule has 8 heteroatoms. The van der Waals surface area contributed by atoms with E-state index >= 15 is 0 Å². The molecule has 0 fully saturated rings. The van der Waals surface area contributed by atoms with Gasteiger partial charge in [0.05, 0.1) is 37.9 Å². The molecule has 6 nitrogen and oxygen atoms in total. The molecule has 2 aromatic carbocycles. The number of nitrogens with zero attached hydrogens (tertiary/aromatic N) is 4. The smallest absolute Gasteiger partial charge is 0.162 e. The van der Waals surface area contributed by atoms with E-state index in [1.54, 1.807) is 43.4 Å². The van der Waals surface area contributed by atoms with E-state index in [0.717, 1.165) is 11.8 Å². The second-order valence-electron chi connectivity index (χ2n) is 5.68. The fourth-order valence-electron chi connectivity index (χ4n) is 2.78. The van der Waals surface area contributed by atoms with E-state index in [1.807, 2.05) is 6.07 Å². The van der Waals surface area contributed by atoms with Crippen LogP contribution in [0.1, 0.15) is 0 Å². The zero-order valence-electron chi connectivity index (χ0n) is 14.5. The summed E-state index contributed by atoms with van der Waals surface area (Å²) in [6, 6.07) is 8.64. The van der Waals surface area contributed by atoms with Crippen molar-refractivity contribution < 1.29 is 18.3 Å². The van der Waals surface area contributed by atoms with Crippen LogP contribution in [0.4, 0.5) is 8.78 Å². The number of methoxy groups -OCH3 is 2. The summed E-state index contributed by atoms with van der Waals surface area (Å²) in [5, 5.41) is 4.33. The van der Waals surface area contributed by atoms with E-state index in [0.29, 0.717) is 22.5 Å². The fraction of sp³-hybridized carbons (Fsp3) is 0.105. The Morgan fingerprint density at radius 3 is 2.48 bits per heavy atom. The number of halogens is 2. The van der Waals surface area contributed by atoms with Crippen molar-refractivity contribution in [2.24, 2.45) is 0 Å². The molecule has 4 rings (SSSR count). The predicted molar refractivity (Wildman–Crippen MR) is 95.1 cm³/mol. The van der Waals surface area contributed by atoms with Crippen LogP contribution in [0.3, 0.4) is 0 Å². The number of ether oxygens (including phenoxy) is 2. The number of aromatic nitrogens is 4. The molecule has 27 heavy (non-hydrogen) atoms. The molecular weight excluding hydrogens is 354 g/mol. The highest BCUT2D eigenvalue weighted by Crippen LogP contribution is 2.30. The van der Waals surface area contributed by atoms with Crippen LogP contribution in [0.2, 0.25) is 0 Å². The van der Waals surface area contributed by atoms with E-state index in [1.165, 1.54) is 12.1 Å². The summed E-state index contributed by atoms with van der Waals surface area (Å²) < 4.78 is 39.3. The number of hydrogen-bond donors (Lipinski definition) is 0. The number of fused-ring (bicyclic) bond motifs is 1. The first-order valence-corrected chi connectivity index (χ1v) is 7.99. The maximum absolute atomic E-state index is 14.0. The van der Waals surface area contributed by atoms with Crippen LogP contribution in [0, 0.1) is 11.6 Å². The molecule has 0 N–H and O–H groups in total. The zero-order chi connectivity index (χ0) is 19.0. The summed E-state index contributed by atoms with van der Waals surface area (Å²) >= 11 is 0. The first-order chi connectivity index (χ1) is 13.1. The zero-order valence-corrected chi connectivity index (χ0v) is 14.5. The highest BCUT2D eigenvalue weighted by molar-refractivity contribution is 5.77. The quantitative estimate of drug-likeness (QED) is 0.549. The fourth-order valence-corrected chi connectivity index (χ4v) is 2.78. The minimum atomic E-state index is -0.721. The molecule has 0 unspecified atom stereocenters. The monoisotopic (exact) mass is 368 g/mol. The van der Waals surface area contributed by atoms with Crippen LogP contribution >= 0.6 is 0 Å². The van der Waals surface area contributed by atoms with Gasteiger partial charge in [0, 0.05) is 12.1 Å². The second-order valence-corrected chi connectivity index (χ2v) is 5.68. The molecule has 0 bridgehead atoms. The van der Waals surface area contributed by atoms with Crippen molar-refractivity contribution in [3.8, 4) is 28.6 Å². The van der Waals surface area contributed by atoms with Gasteiger partial charge in [0.2, 0.25) is 0 Å². The van der Waals surface area contributed by atoms with Gasteiger partial charge in [-0.25, -0.2) is 23.4 Å². The van der Waals surface area contributed by atoms with Gasteiger partial charge in [-0.1, -0.05) is 0 Å². The molecule has 2 aromatic heterocycles. The molecule has 0 atom stereocenters. The minimum absolute atomic E-state index is 0.122. The molecule has 0 amide bonds. The largest absolute Gasteiger partial charge is 0.493 e. The highest BCUT2D eigenvalue weighted by Gasteiger charge is 2.14. The molecule has 0 radical (unpaired) electrons. The third-order valence-electron chi connectivity index (χ3n) is 4.11. The highest BCUT2D eigenvalue weighted by atomic mass is 19.1. The second kappa shape index (κ2) is 6.64. The van der Waals surface area contributed by atoms with Gasteiger partial charge in [-0.15, -0.1) is 0 Å². The lowest BCUT2D eigenvalue weighted by molar-refractivity contribution is 0.355. The maximum Gasteiger partial charge on any atom is 0.162 e. The number of benzene rings is 2. The lowest BCUT2D eigenvalue weighted by atomic mass is 10.2. The third kappa shape index (κ3) is 2.95. The Morgan fingerprint density at radius 2 is 1.74 bits per heavy atom. The van der Waals surface area contributed by atoms with Gasteiger partial charge in [-0.3, -0.25) is 0 Å². The first kappa shape index (κ1) is 16.9. The molecule has 4 aromatic rings. The number of hydrogen-bond acceptors (Lipinski definition) is 5. The summed E-state index contributed by atoms with van der Waals surface area (Å²) in [6.45, 7) is 0. The van der Waals surface area contributed by atoms with Gasteiger partial charge in [-0.2, -0.15) is 5.10 Å². The SMILES string of the molecule is COc1ccc(-n2ncc3nc(-c4ccc(F)cc4F)ncc32)cc1OC. The van der Waals surface area contributed by atoms with E-state index < -0.39 is 11.6 Å². The van der Waals surface area contributed by atoms with Crippen molar-refractivity contribution in [1.82, 2.24) is 19.7 Å². The van der Waals surface area contributed by atoms with E-state index in [9.17, 15) is 8.78 Å². The summed E-state index contributed by atoms with van der Waals surface area (Å²) in [7, 11) is 3.11. The van der Waals surface area contributed by atoms with Crippen molar-refractivity contribution in [2.45, 2.75) is 0 Å². The van der Waals surface area contributed by atoms with Crippen LogP contribution in [0.25, 0.3) is 28.1 Å². The van der Waals surface area contributed by atoms with E-state index in [2.05, 4.69) is 15.1 Å². The molecule has 0 saturated carbocycles. The van der Waals surface area contributed by atoms with Gasteiger partial charge in [-0.05, 0) is 24.3 Å². The summed E-state index contributed by atoms with van der Waals surface area (Å²) in [6.07, 6.45) is 3.10. The lowest BCUT2D eigenvalue weighted by Crippen LogP contribution is -1.99. The van der Waals surface area contributed by atoms with Gasteiger partial charge in [0.25, 0.3) is 0 Å². The van der Waals surface area contributed by atoms with Crippen LogP contribution in [-0.4, -0.2) is 34.0 Å². The molecule has 0 aliphatic rings. The topological polar surface area (TPSA) is 62.1 Å². The van der Waals surface area contributed by atoms with Crippen molar-refractivity contribution in [2.75, 3.05) is 14.2 Å². The maximum atomic E-state index is 14.0. The Labute approximate surface area is 153 Å². The van der Waals surface area contributed by atoms with Gasteiger partial charge in [0.1, 0.15) is 22.7 Å². The summed E-state index contributed by atoms with van der Waals surface area (Å²) in [5.74, 6) is -0.0558. The summed E-state index contributed by atoms with van der Waals surface area (Å²) in [4.78, 5) is 8.56. The average molecular weight is 368 g/mol. The normalized spacial score (nSPS) is 11.0. The Kier molecular flexibility index (Phi) is 4.15. The molecule has 2 heterocycles. The molecule has 136 valence electrons. The van der Waals surface area contributed by atoms with Crippen LogP contribution in [-0.2, 0) is 0 Å². The Bertz CT molecular complexity index is 1140. The van der Waals surface area contributed by atoms with Crippen molar-refractivity contribution in [3.05, 3.63) is 60.4 Å². The standard InChI is InChI=1S/C19H14F2N4O2/c1-26-17-6-4-12(8-18(17)27-2)25-16-10-22-19(24-15(16)9-23-25)13-5-3-11(20)7-14(13)21/h3-10H,1-2H3. The van der Waals surface area contributed by atoms with Gasteiger partial charge in [0.15, 0.2) is 17.3 Å². The first-order valence-electron chi connectivity index (χ1n) is 7.99. The Balaban J connectivity index is 1.79. The molecular formula is C19H14F2N4O2. The van der Waals surface area contributed by atoms with Crippen molar-refractivity contribution in [3.63, 3.8) is 0 Å². The average Bonchev–Trinajstić information content (AvgIpc) is 3.10. The minimum Gasteiger partial charge on any atom is -0.493 e. The lowest BCUT2D eigenvalue weighted by Gasteiger charge is -2.10. The van der Waals surface area contributed by atoms with E-state index in [4.69, 9.17) is 9.47 Å². The Morgan fingerprint density at radius 1 is 0.926 bits per heavy atom. The van der Waals surface area contributed by atoms with Crippen LogP contribution < -0.4 is 9.47 Å².